The molecule has 0 unspecified atom stereocenters. The van der Waals surface area contributed by atoms with Crippen LogP contribution in [0.2, 0.25) is 5.28 Å². The van der Waals surface area contributed by atoms with Gasteiger partial charge in [0.15, 0.2) is 0 Å². The summed E-state index contributed by atoms with van der Waals surface area (Å²) in [4.78, 5) is 11.1. The van der Waals surface area contributed by atoms with Gasteiger partial charge >= 0.3 is 0 Å². The summed E-state index contributed by atoms with van der Waals surface area (Å²) >= 11 is 6.00. The van der Waals surface area contributed by atoms with E-state index in [0.29, 0.717) is 5.28 Å². The van der Waals surface area contributed by atoms with Crippen LogP contribution in [0.25, 0.3) is 0 Å². The predicted molar refractivity (Wildman–Crippen MR) is 68.2 cm³/mol. The molecule has 1 fully saturated rings. The lowest BCUT2D eigenvalue weighted by molar-refractivity contribution is 0.436. The Kier molecular flexibility index (Phi) is 2.92. The minimum absolute atomic E-state index is 0.376. The second kappa shape index (κ2) is 4.42. The molecule has 0 saturated carbocycles. The van der Waals surface area contributed by atoms with Crippen LogP contribution in [0.1, 0.15) is 31.0 Å². The third-order valence-electron chi connectivity index (χ3n) is 3.72. The van der Waals surface area contributed by atoms with Gasteiger partial charge in [0.25, 0.3) is 0 Å². The third-order valence-corrected chi connectivity index (χ3v) is 3.89. The number of halogens is 1. The third kappa shape index (κ3) is 2.11. The molecular formula is C12H17ClN4. The summed E-state index contributed by atoms with van der Waals surface area (Å²) in [6, 6.07) is 0. The summed E-state index contributed by atoms with van der Waals surface area (Å²) in [5.41, 5.74) is 2.31. The van der Waals surface area contributed by atoms with Gasteiger partial charge in [-0.2, -0.15) is 0 Å². The fraction of sp³-hybridized carbons (Fsp3) is 0.667. The van der Waals surface area contributed by atoms with Crippen molar-refractivity contribution in [2.45, 2.75) is 32.9 Å². The van der Waals surface area contributed by atoms with E-state index in [2.05, 4.69) is 27.1 Å². The molecule has 0 radical (unpaired) electrons. The predicted octanol–water partition coefficient (Wildman–Crippen LogP) is 1.97. The summed E-state index contributed by atoms with van der Waals surface area (Å²) in [5.74, 6) is 1.88. The van der Waals surface area contributed by atoms with E-state index in [1.165, 1.54) is 18.4 Å². The monoisotopic (exact) mass is 252 g/mol. The number of fused-ring (bicyclic) bond motifs is 1. The number of anilines is 1. The molecule has 5 heteroatoms. The SMILES string of the molecule is CC1CCN(c2nc(Cl)nc3c2CNC3)CC1. The van der Waals surface area contributed by atoms with Gasteiger partial charge in [0.1, 0.15) is 5.82 Å². The maximum Gasteiger partial charge on any atom is 0.224 e. The van der Waals surface area contributed by atoms with Crippen molar-refractivity contribution in [1.29, 1.82) is 0 Å². The van der Waals surface area contributed by atoms with Gasteiger partial charge in [0, 0.05) is 31.7 Å². The van der Waals surface area contributed by atoms with E-state index < -0.39 is 0 Å². The van der Waals surface area contributed by atoms with E-state index in [4.69, 9.17) is 11.6 Å². The Labute approximate surface area is 106 Å². The van der Waals surface area contributed by atoms with E-state index >= 15 is 0 Å². The Hall–Kier alpha value is -0.870. The molecule has 1 aromatic rings. The molecule has 1 aromatic heterocycles. The Morgan fingerprint density at radius 1 is 1.24 bits per heavy atom. The number of nitrogens with one attached hydrogen (secondary N) is 1. The first kappa shape index (κ1) is 11.2. The highest BCUT2D eigenvalue weighted by Gasteiger charge is 2.24. The normalized spacial score (nSPS) is 20.7. The van der Waals surface area contributed by atoms with Crippen LogP contribution in [0.5, 0.6) is 0 Å². The Morgan fingerprint density at radius 2 is 2.00 bits per heavy atom. The van der Waals surface area contributed by atoms with Crippen molar-refractivity contribution in [2.24, 2.45) is 5.92 Å². The zero-order chi connectivity index (χ0) is 11.8. The molecule has 3 heterocycles. The second-order valence-electron chi connectivity index (χ2n) is 5.01. The smallest absolute Gasteiger partial charge is 0.224 e. The highest BCUT2D eigenvalue weighted by atomic mass is 35.5. The first-order valence-electron chi connectivity index (χ1n) is 6.25. The zero-order valence-corrected chi connectivity index (χ0v) is 10.8. The summed E-state index contributed by atoms with van der Waals surface area (Å²) in [5, 5.41) is 3.69. The average molecular weight is 253 g/mol. The zero-order valence-electron chi connectivity index (χ0n) is 10.0. The van der Waals surface area contributed by atoms with Crippen LogP contribution in [0.3, 0.4) is 0 Å². The quantitative estimate of drug-likeness (QED) is 0.776. The molecule has 0 bridgehead atoms. The fourth-order valence-electron chi connectivity index (χ4n) is 2.60. The number of piperidine rings is 1. The van der Waals surface area contributed by atoms with E-state index in [1.54, 1.807) is 0 Å². The van der Waals surface area contributed by atoms with E-state index in [9.17, 15) is 0 Å². The Balaban J connectivity index is 1.92. The Bertz CT molecular complexity index is 427. The number of hydrogen-bond acceptors (Lipinski definition) is 4. The molecule has 0 spiro atoms. The molecule has 1 saturated heterocycles. The topological polar surface area (TPSA) is 41.1 Å². The van der Waals surface area contributed by atoms with Gasteiger partial charge < -0.3 is 10.2 Å². The lowest BCUT2D eigenvalue weighted by Gasteiger charge is -2.32. The highest BCUT2D eigenvalue weighted by molar-refractivity contribution is 6.28. The van der Waals surface area contributed by atoms with Gasteiger partial charge in [0.05, 0.1) is 5.69 Å². The van der Waals surface area contributed by atoms with Crippen molar-refractivity contribution in [3.8, 4) is 0 Å². The Morgan fingerprint density at radius 3 is 2.76 bits per heavy atom. The molecule has 2 aliphatic rings. The van der Waals surface area contributed by atoms with Crippen LogP contribution in [0.15, 0.2) is 0 Å². The highest BCUT2D eigenvalue weighted by Crippen LogP contribution is 2.29. The van der Waals surface area contributed by atoms with Crippen LogP contribution in [-0.2, 0) is 13.1 Å². The minimum atomic E-state index is 0.376. The van der Waals surface area contributed by atoms with E-state index in [0.717, 1.165) is 43.6 Å². The lowest BCUT2D eigenvalue weighted by atomic mass is 9.99. The van der Waals surface area contributed by atoms with Gasteiger partial charge in [0.2, 0.25) is 5.28 Å². The molecule has 0 amide bonds. The van der Waals surface area contributed by atoms with Gasteiger partial charge in [-0.25, -0.2) is 9.97 Å². The van der Waals surface area contributed by atoms with E-state index in [1.807, 2.05) is 0 Å². The van der Waals surface area contributed by atoms with Gasteiger partial charge in [-0.1, -0.05) is 6.92 Å². The second-order valence-corrected chi connectivity index (χ2v) is 5.35. The summed E-state index contributed by atoms with van der Waals surface area (Å²) < 4.78 is 0. The number of nitrogens with zero attached hydrogens (tertiary/aromatic N) is 3. The summed E-state index contributed by atoms with van der Waals surface area (Å²) in [6.45, 7) is 6.17. The molecular weight excluding hydrogens is 236 g/mol. The summed E-state index contributed by atoms with van der Waals surface area (Å²) in [6.07, 6.45) is 2.48. The molecule has 2 aliphatic heterocycles. The number of rotatable bonds is 1. The van der Waals surface area contributed by atoms with Crippen molar-refractivity contribution in [1.82, 2.24) is 15.3 Å². The maximum atomic E-state index is 6.00. The maximum absolute atomic E-state index is 6.00. The molecule has 0 aromatic carbocycles. The van der Waals surface area contributed by atoms with Gasteiger partial charge in [-0.3, -0.25) is 0 Å². The summed E-state index contributed by atoms with van der Waals surface area (Å²) in [7, 11) is 0. The standard InChI is InChI=1S/C12H17ClN4/c1-8-2-4-17(5-3-8)11-9-6-14-7-10(9)15-12(13)16-11/h8,14H,2-7H2,1H3. The molecule has 17 heavy (non-hydrogen) atoms. The molecule has 0 aliphatic carbocycles. The van der Waals surface area contributed by atoms with Crippen molar-refractivity contribution in [2.75, 3.05) is 18.0 Å². The fourth-order valence-corrected chi connectivity index (χ4v) is 2.79. The minimum Gasteiger partial charge on any atom is -0.356 e. The van der Waals surface area contributed by atoms with Crippen molar-refractivity contribution >= 4 is 17.4 Å². The first-order chi connectivity index (χ1) is 8.24. The number of hydrogen-bond donors (Lipinski definition) is 1. The molecule has 3 rings (SSSR count). The van der Waals surface area contributed by atoms with Crippen molar-refractivity contribution < 1.29 is 0 Å². The van der Waals surface area contributed by atoms with Crippen molar-refractivity contribution in [3.63, 3.8) is 0 Å². The van der Waals surface area contributed by atoms with Crippen LogP contribution < -0.4 is 10.2 Å². The average Bonchev–Trinajstić information content (AvgIpc) is 2.77. The molecule has 4 nitrogen and oxygen atoms in total. The number of aromatic nitrogens is 2. The largest absolute Gasteiger partial charge is 0.356 e. The van der Waals surface area contributed by atoms with Crippen molar-refractivity contribution in [3.05, 3.63) is 16.5 Å². The molecule has 1 N–H and O–H groups in total. The molecule has 92 valence electrons. The van der Waals surface area contributed by atoms with Crippen LogP contribution in [-0.4, -0.2) is 23.1 Å². The van der Waals surface area contributed by atoms with E-state index in [-0.39, 0.29) is 0 Å². The van der Waals surface area contributed by atoms with Crippen LogP contribution in [0.4, 0.5) is 5.82 Å². The van der Waals surface area contributed by atoms with Crippen LogP contribution in [0, 0.1) is 5.92 Å². The van der Waals surface area contributed by atoms with Gasteiger partial charge in [-0.15, -0.1) is 0 Å². The lowest BCUT2D eigenvalue weighted by Crippen LogP contribution is -2.34. The van der Waals surface area contributed by atoms with Gasteiger partial charge in [-0.05, 0) is 30.4 Å². The van der Waals surface area contributed by atoms with Crippen LogP contribution >= 0.6 is 11.6 Å². The first-order valence-corrected chi connectivity index (χ1v) is 6.63. The molecule has 0 atom stereocenters.